The standard InChI is InChI=1S/C14H20N2O3S/c1-9-4-5-12(11(6-9)13(17)18)16-14(19)15-7-10(2)8-20-3/h4-6,10H,7-8H2,1-3H3,(H,17,18)(H2,15,16,19). The Hall–Kier alpha value is -1.69. The van der Waals surface area contributed by atoms with Crippen LogP contribution in [0.5, 0.6) is 0 Å². The quantitative estimate of drug-likeness (QED) is 0.754. The summed E-state index contributed by atoms with van der Waals surface area (Å²) in [5, 5.41) is 14.4. The third-order valence-electron chi connectivity index (χ3n) is 2.72. The van der Waals surface area contributed by atoms with E-state index >= 15 is 0 Å². The number of nitrogens with one attached hydrogen (secondary N) is 2. The van der Waals surface area contributed by atoms with Gasteiger partial charge in [-0.3, -0.25) is 0 Å². The maximum Gasteiger partial charge on any atom is 0.337 e. The van der Waals surface area contributed by atoms with Crippen molar-refractivity contribution in [3.05, 3.63) is 29.3 Å². The molecule has 1 aromatic carbocycles. The van der Waals surface area contributed by atoms with E-state index in [-0.39, 0.29) is 11.6 Å². The Bertz CT molecular complexity index is 491. The number of amides is 2. The molecule has 0 aromatic heterocycles. The molecule has 1 unspecified atom stereocenters. The largest absolute Gasteiger partial charge is 0.478 e. The van der Waals surface area contributed by atoms with Crippen molar-refractivity contribution in [2.75, 3.05) is 23.9 Å². The van der Waals surface area contributed by atoms with Crippen molar-refractivity contribution in [3.8, 4) is 0 Å². The fourth-order valence-electron chi connectivity index (χ4n) is 1.72. The highest BCUT2D eigenvalue weighted by molar-refractivity contribution is 7.98. The van der Waals surface area contributed by atoms with Gasteiger partial charge in [-0.1, -0.05) is 18.6 Å². The topological polar surface area (TPSA) is 78.4 Å². The molecule has 5 nitrogen and oxygen atoms in total. The summed E-state index contributed by atoms with van der Waals surface area (Å²) in [6.07, 6.45) is 2.02. The summed E-state index contributed by atoms with van der Waals surface area (Å²) < 4.78 is 0. The summed E-state index contributed by atoms with van der Waals surface area (Å²) in [7, 11) is 0. The van der Waals surface area contributed by atoms with Crippen LogP contribution in [0, 0.1) is 12.8 Å². The minimum absolute atomic E-state index is 0.0947. The molecular weight excluding hydrogens is 276 g/mol. The van der Waals surface area contributed by atoms with Crippen molar-refractivity contribution in [3.63, 3.8) is 0 Å². The second kappa shape index (κ2) is 7.79. The molecule has 1 aromatic rings. The molecule has 20 heavy (non-hydrogen) atoms. The highest BCUT2D eigenvalue weighted by Gasteiger charge is 2.13. The predicted molar refractivity (Wildman–Crippen MR) is 82.7 cm³/mol. The average Bonchev–Trinajstić information content (AvgIpc) is 2.38. The molecule has 1 rings (SSSR count). The van der Waals surface area contributed by atoms with Gasteiger partial charge >= 0.3 is 12.0 Å². The molecule has 0 aliphatic heterocycles. The third kappa shape index (κ3) is 5.13. The van der Waals surface area contributed by atoms with Gasteiger partial charge in [0.1, 0.15) is 0 Å². The van der Waals surface area contributed by atoms with E-state index in [4.69, 9.17) is 5.11 Å². The van der Waals surface area contributed by atoms with Crippen LogP contribution in [0.25, 0.3) is 0 Å². The predicted octanol–water partition coefficient (Wildman–Crippen LogP) is 2.81. The minimum Gasteiger partial charge on any atom is -0.478 e. The zero-order valence-electron chi connectivity index (χ0n) is 11.9. The number of carboxylic acids is 1. The van der Waals surface area contributed by atoms with E-state index in [1.54, 1.807) is 30.8 Å². The average molecular weight is 296 g/mol. The molecule has 0 fully saturated rings. The summed E-state index contributed by atoms with van der Waals surface area (Å²) >= 11 is 1.72. The normalized spacial score (nSPS) is 11.8. The van der Waals surface area contributed by atoms with Gasteiger partial charge in [-0.05, 0) is 37.0 Å². The molecule has 6 heteroatoms. The molecule has 2 amide bonds. The molecule has 3 N–H and O–H groups in total. The van der Waals surface area contributed by atoms with Gasteiger partial charge in [-0.25, -0.2) is 9.59 Å². The molecular formula is C14H20N2O3S. The van der Waals surface area contributed by atoms with Crippen LogP contribution in [0.1, 0.15) is 22.8 Å². The second-order valence-electron chi connectivity index (χ2n) is 4.75. The Morgan fingerprint density at radius 1 is 1.40 bits per heavy atom. The number of thioether (sulfide) groups is 1. The molecule has 110 valence electrons. The summed E-state index contributed by atoms with van der Waals surface area (Å²) in [6, 6.07) is 4.51. The molecule has 0 bridgehead atoms. The summed E-state index contributed by atoms with van der Waals surface area (Å²) in [4.78, 5) is 22.9. The SMILES string of the molecule is CSCC(C)CNC(=O)Nc1ccc(C)cc1C(=O)O. The maximum absolute atomic E-state index is 11.8. The van der Waals surface area contributed by atoms with Crippen molar-refractivity contribution < 1.29 is 14.7 Å². The lowest BCUT2D eigenvalue weighted by Crippen LogP contribution is -2.33. The molecule has 0 saturated heterocycles. The number of hydrogen-bond acceptors (Lipinski definition) is 3. The lowest BCUT2D eigenvalue weighted by atomic mass is 10.1. The fraction of sp³-hybridized carbons (Fsp3) is 0.429. The van der Waals surface area contributed by atoms with Gasteiger partial charge in [0.15, 0.2) is 0 Å². The smallest absolute Gasteiger partial charge is 0.337 e. The Labute approximate surface area is 123 Å². The van der Waals surface area contributed by atoms with Gasteiger partial charge in [-0.2, -0.15) is 11.8 Å². The lowest BCUT2D eigenvalue weighted by Gasteiger charge is -2.13. The van der Waals surface area contributed by atoms with E-state index in [9.17, 15) is 9.59 Å². The van der Waals surface area contributed by atoms with Gasteiger partial charge in [0.25, 0.3) is 0 Å². The molecule has 0 heterocycles. The Morgan fingerprint density at radius 3 is 2.70 bits per heavy atom. The van der Waals surface area contributed by atoms with Crippen molar-refractivity contribution in [2.24, 2.45) is 5.92 Å². The summed E-state index contributed by atoms with van der Waals surface area (Å²) in [5.74, 6) is 0.276. The first-order valence-electron chi connectivity index (χ1n) is 6.31. The number of benzene rings is 1. The number of rotatable bonds is 6. The van der Waals surface area contributed by atoms with E-state index in [0.29, 0.717) is 18.2 Å². The van der Waals surface area contributed by atoms with Crippen LogP contribution in [-0.4, -0.2) is 35.7 Å². The van der Waals surface area contributed by atoms with E-state index in [2.05, 4.69) is 10.6 Å². The molecule has 0 saturated carbocycles. The first-order chi connectivity index (χ1) is 9.43. The zero-order chi connectivity index (χ0) is 15.1. The third-order valence-corrected chi connectivity index (χ3v) is 3.62. The van der Waals surface area contributed by atoms with Crippen LogP contribution < -0.4 is 10.6 Å². The van der Waals surface area contributed by atoms with Crippen LogP contribution >= 0.6 is 11.8 Å². The highest BCUT2D eigenvalue weighted by atomic mass is 32.2. The van der Waals surface area contributed by atoms with Gasteiger partial charge in [-0.15, -0.1) is 0 Å². The van der Waals surface area contributed by atoms with Gasteiger partial charge < -0.3 is 15.7 Å². The number of aryl methyl sites for hydroxylation is 1. The number of urea groups is 1. The van der Waals surface area contributed by atoms with Crippen LogP contribution in [0.3, 0.4) is 0 Å². The number of carboxylic acid groups (broad SMARTS) is 1. The Morgan fingerprint density at radius 2 is 2.10 bits per heavy atom. The first-order valence-corrected chi connectivity index (χ1v) is 7.71. The minimum atomic E-state index is -1.06. The van der Waals surface area contributed by atoms with Crippen LogP contribution in [-0.2, 0) is 0 Å². The van der Waals surface area contributed by atoms with E-state index in [0.717, 1.165) is 11.3 Å². The van der Waals surface area contributed by atoms with E-state index < -0.39 is 5.97 Å². The van der Waals surface area contributed by atoms with Crippen molar-refractivity contribution in [1.29, 1.82) is 0 Å². The molecule has 0 aliphatic carbocycles. The monoisotopic (exact) mass is 296 g/mol. The Balaban J connectivity index is 2.64. The molecule has 0 spiro atoms. The molecule has 1 atom stereocenters. The van der Waals surface area contributed by atoms with Gasteiger partial charge in [0.05, 0.1) is 11.3 Å². The number of hydrogen-bond donors (Lipinski definition) is 3. The summed E-state index contributed by atoms with van der Waals surface area (Å²) in [6.45, 7) is 4.41. The van der Waals surface area contributed by atoms with Gasteiger partial charge in [0, 0.05) is 6.54 Å². The lowest BCUT2D eigenvalue weighted by molar-refractivity contribution is 0.0698. The molecule has 0 aliphatic rings. The zero-order valence-corrected chi connectivity index (χ0v) is 12.7. The van der Waals surface area contributed by atoms with Gasteiger partial charge in [0.2, 0.25) is 0 Å². The van der Waals surface area contributed by atoms with Crippen molar-refractivity contribution in [2.45, 2.75) is 13.8 Å². The van der Waals surface area contributed by atoms with Crippen LogP contribution in [0.2, 0.25) is 0 Å². The number of aromatic carboxylic acids is 1. The number of anilines is 1. The Kier molecular flexibility index (Phi) is 6.38. The number of carbonyl (C=O) groups is 2. The van der Waals surface area contributed by atoms with Crippen molar-refractivity contribution in [1.82, 2.24) is 5.32 Å². The number of carbonyl (C=O) groups excluding carboxylic acids is 1. The van der Waals surface area contributed by atoms with Crippen LogP contribution in [0.15, 0.2) is 18.2 Å². The van der Waals surface area contributed by atoms with E-state index in [1.807, 2.05) is 13.2 Å². The first kappa shape index (κ1) is 16.4. The highest BCUT2D eigenvalue weighted by Crippen LogP contribution is 2.17. The van der Waals surface area contributed by atoms with Crippen LogP contribution in [0.4, 0.5) is 10.5 Å². The second-order valence-corrected chi connectivity index (χ2v) is 5.66. The van der Waals surface area contributed by atoms with Crippen molar-refractivity contribution >= 4 is 29.4 Å². The molecule has 0 radical (unpaired) electrons. The van der Waals surface area contributed by atoms with E-state index in [1.165, 1.54) is 6.07 Å². The maximum atomic E-state index is 11.8. The fourth-order valence-corrected chi connectivity index (χ4v) is 2.41. The summed E-state index contributed by atoms with van der Waals surface area (Å²) in [5.41, 5.74) is 1.23.